The van der Waals surface area contributed by atoms with Crippen LogP contribution in [0.5, 0.6) is 0 Å². The summed E-state index contributed by atoms with van der Waals surface area (Å²) in [4.78, 5) is 30.0. The van der Waals surface area contributed by atoms with E-state index in [9.17, 15) is 20.1 Å². The Kier molecular flexibility index (Phi) is 8.69. The molecule has 0 saturated heterocycles. The number of carbonyl (C=O) groups excluding carboxylic acids is 2. The average Bonchev–Trinajstić information content (AvgIpc) is 3.35. The summed E-state index contributed by atoms with van der Waals surface area (Å²) >= 11 is 1.17. The Morgan fingerprint density at radius 2 is 1.89 bits per heavy atom. The fourth-order valence-corrected chi connectivity index (χ4v) is 3.98. The van der Waals surface area contributed by atoms with Gasteiger partial charge in [0.1, 0.15) is 16.6 Å². The minimum absolute atomic E-state index is 0.140. The molecule has 2 unspecified atom stereocenters. The maximum absolute atomic E-state index is 13.4. The van der Waals surface area contributed by atoms with Crippen LogP contribution in [0.2, 0.25) is 0 Å². The number of anilines is 1. The highest BCUT2D eigenvalue weighted by atomic mass is 32.1. The van der Waals surface area contributed by atoms with Gasteiger partial charge in [-0.3, -0.25) is 4.79 Å². The molecule has 1 amide bonds. The number of benzene rings is 2. The molecule has 192 valence electrons. The third-order valence-electron chi connectivity index (χ3n) is 4.92. The molecule has 0 bridgehead atoms. The van der Waals surface area contributed by atoms with E-state index in [0.29, 0.717) is 16.3 Å². The second-order valence-electron chi connectivity index (χ2n) is 8.87. The lowest BCUT2D eigenvalue weighted by Crippen LogP contribution is -2.99. The molecule has 0 aliphatic rings. The molecule has 0 radical (unpaired) electrons. The number of hydrazone groups is 1. The van der Waals surface area contributed by atoms with Crippen molar-refractivity contribution < 1.29 is 24.8 Å². The summed E-state index contributed by atoms with van der Waals surface area (Å²) in [6.45, 7) is 5.55. The second kappa shape index (κ2) is 11.7. The van der Waals surface area contributed by atoms with Crippen LogP contribution in [0.15, 0.2) is 59.0 Å². The Morgan fingerprint density at radius 1 is 1.22 bits per heavy atom. The molecule has 0 spiro atoms. The zero-order chi connectivity index (χ0) is 27.2. The smallest absolute Gasteiger partial charge is 0.339 e. The number of nitrogens with zero attached hydrogens (tertiary/aromatic N) is 3. The SMILES string of the molecule is COC(=O)c1ccccc1NC(=O)/C(=N/NC(C)(C)C)C(C#N)c1nc(-c2ccc([NH+]([O-])O)cc2)cs1. The Balaban J connectivity index is 1.96. The van der Waals surface area contributed by atoms with E-state index in [1.807, 2.05) is 20.8 Å². The zero-order valence-electron chi connectivity index (χ0n) is 20.6. The van der Waals surface area contributed by atoms with Crippen molar-refractivity contribution in [2.45, 2.75) is 32.2 Å². The van der Waals surface area contributed by atoms with Gasteiger partial charge in [0.15, 0.2) is 5.69 Å². The molecule has 3 rings (SSSR count). The normalized spacial score (nSPS) is 13.3. The largest absolute Gasteiger partial charge is 0.595 e. The van der Waals surface area contributed by atoms with Gasteiger partial charge in [-0.2, -0.15) is 15.6 Å². The van der Waals surface area contributed by atoms with E-state index >= 15 is 0 Å². The van der Waals surface area contributed by atoms with Gasteiger partial charge in [-0.25, -0.2) is 15.0 Å². The summed E-state index contributed by atoms with van der Waals surface area (Å²) in [6.07, 6.45) is 0. The van der Waals surface area contributed by atoms with Crippen LogP contribution in [0.3, 0.4) is 0 Å². The zero-order valence-corrected chi connectivity index (χ0v) is 21.4. The summed E-state index contributed by atoms with van der Waals surface area (Å²) in [5, 5.41) is 38.2. The predicted molar refractivity (Wildman–Crippen MR) is 138 cm³/mol. The van der Waals surface area contributed by atoms with E-state index in [2.05, 4.69) is 26.9 Å². The van der Waals surface area contributed by atoms with Crippen LogP contribution in [0.1, 0.15) is 42.1 Å². The number of amides is 1. The molecular weight excluding hydrogens is 496 g/mol. The topological polar surface area (TPSA) is 164 Å². The third-order valence-corrected chi connectivity index (χ3v) is 5.83. The number of carbonyl (C=O) groups is 2. The summed E-state index contributed by atoms with van der Waals surface area (Å²) in [7, 11) is 1.24. The molecule has 1 aromatic heterocycles. The fourth-order valence-electron chi connectivity index (χ4n) is 3.11. The lowest BCUT2D eigenvalue weighted by atomic mass is 10.0. The summed E-state index contributed by atoms with van der Waals surface area (Å²) in [5.41, 5.74) is 3.92. The van der Waals surface area contributed by atoms with Gasteiger partial charge in [-0.05, 0) is 45.0 Å². The van der Waals surface area contributed by atoms with Gasteiger partial charge in [0.25, 0.3) is 5.91 Å². The second-order valence-corrected chi connectivity index (χ2v) is 9.76. The number of ether oxygens (including phenoxy) is 1. The van der Waals surface area contributed by atoms with Gasteiger partial charge < -0.3 is 20.7 Å². The summed E-state index contributed by atoms with van der Waals surface area (Å²) in [5.74, 6) is -2.45. The number of nitrogens with one attached hydrogen (secondary N) is 3. The molecule has 12 heteroatoms. The van der Waals surface area contributed by atoms with Gasteiger partial charge in [-0.15, -0.1) is 11.3 Å². The molecule has 2 atom stereocenters. The first-order chi connectivity index (χ1) is 17.5. The van der Waals surface area contributed by atoms with E-state index in [1.165, 1.54) is 36.6 Å². The number of esters is 1. The number of aromatic nitrogens is 1. The molecule has 3 aromatic rings. The molecule has 11 nitrogen and oxygen atoms in total. The lowest BCUT2D eigenvalue weighted by molar-refractivity contribution is -0.991. The first-order valence-electron chi connectivity index (χ1n) is 11.1. The van der Waals surface area contributed by atoms with E-state index in [4.69, 9.17) is 9.94 Å². The van der Waals surface area contributed by atoms with Crippen LogP contribution >= 0.6 is 11.3 Å². The molecule has 0 aliphatic heterocycles. The van der Waals surface area contributed by atoms with Crippen LogP contribution in [0.4, 0.5) is 11.4 Å². The highest BCUT2D eigenvalue weighted by Gasteiger charge is 2.29. The van der Waals surface area contributed by atoms with Gasteiger partial charge in [-0.1, -0.05) is 12.1 Å². The lowest BCUT2D eigenvalue weighted by Gasteiger charge is -2.20. The van der Waals surface area contributed by atoms with Crippen molar-refractivity contribution in [3.05, 3.63) is 69.7 Å². The maximum atomic E-state index is 13.4. The van der Waals surface area contributed by atoms with Crippen LogP contribution in [0.25, 0.3) is 11.3 Å². The number of quaternary nitrogens is 1. The highest BCUT2D eigenvalue weighted by molar-refractivity contribution is 7.10. The Bertz CT molecular complexity index is 1340. The average molecular weight is 523 g/mol. The van der Waals surface area contributed by atoms with Crippen molar-refractivity contribution in [1.82, 2.24) is 10.4 Å². The van der Waals surface area contributed by atoms with E-state index in [-0.39, 0.29) is 22.6 Å². The van der Waals surface area contributed by atoms with E-state index in [0.717, 1.165) is 0 Å². The monoisotopic (exact) mass is 522 g/mol. The minimum Gasteiger partial charge on any atom is -0.595 e. The first-order valence-corrected chi connectivity index (χ1v) is 11.9. The predicted octanol–water partition coefficient (Wildman–Crippen LogP) is 2.99. The van der Waals surface area contributed by atoms with Crippen molar-refractivity contribution in [2.75, 3.05) is 12.4 Å². The molecule has 1 heterocycles. The van der Waals surface area contributed by atoms with E-state index < -0.39 is 28.6 Å². The molecule has 2 aromatic carbocycles. The van der Waals surface area contributed by atoms with Gasteiger partial charge in [0.05, 0.1) is 30.1 Å². The van der Waals surface area contributed by atoms with Crippen molar-refractivity contribution in [1.29, 1.82) is 5.26 Å². The van der Waals surface area contributed by atoms with Crippen LogP contribution < -0.4 is 16.0 Å². The van der Waals surface area contributed by atoms with E-state index in [1.54, 1.807) is 35.7 Å². The Labute approximate surface area is 217 Å². The van der Waals surface area contributed by atoms with Crippen molar-refractivity contribution in [3.8, 4) is 17.3 Å². The number of nitriles is 1. The summed E-state index contributed by atoms with van der Waals surface area (Å²) < 4.78 is 4.79. The molecular formula is C25H26N6O5S. The van der Waals surface area contributed by atoms with Gasteiger partial charge in [0.2, 0.25) is 0 Å². The highest BCUT2D eigenvalue weighted by Crippen LogP contribution is 2.28. The Hall–Kier alpha value is -4.15. The number of hydrogen-bond acceptors (Lipinski definition) is 10. The summed E-state index contributed by atoms with van der Waals surface area (Å²) in [6, 6.07) is 14.6. The standard InChI is InChI=1S/C25H26N6O5S/c1-25(2,3)30-29-21(22(32)27-19-8-6-5-7-17(19)24(33)36-4)18(13-26)23-28-20(14-37-23)15-9-11-16(12-10-15)31(34)35/h5-12,14,18,30-31,34H,1-4H3,(H,27,32)/b29-21+. The molecule has 4 N–H and O–H groups in total. The minimum atomic E-state index is -1.13. The number of para-hydroxylation sites is 1. The van der Waals surface area contributed by atoms with Crippen molar-refractivity contribution >= 4 is 40.3 Å². The van der Waals surface area contributed by atoms with Gasteiger partial charge in [0, 0.05) is 28.6 Å². The third kappa shape index (κ3) is 6.96. The number of rotatable bonds is 8. The molecule has 37 heavy (non-hydrogen) atoms. The van der Waals surface area contributed by atoms with Crippen LogP contribution in [-0.4, -0.2) is 40.4 Å². The molecule has 0 fully saturated rings. The number of hydrogen-bond donors (Lipinski definition) is 4. The molecule has 0 saturated carbocycles. The van der Waals surface area contributed by atoms with Gasteiger partial charge >= 0.3 is 5.97 Å². The Morgan fingerprint density at radius 3 is 2.49 bits per heavy atom. The molecule has 0 aliphatic carbocycles. The van der Waals surface area contributed by atoms with Crippen LogP contribution in [0, 0.1) is 16.5 Å². The van der Waals surface area contributed by atoms with Crippen LogP contribution in [-0.2, 0) is 9.53 Å². The fraction of sp³-hybridized carbons (Fsp3) is 0.240. The maximum Gasteiger partial charge on any atom is 0.339 e. The quantitative estimate of drug-likeness (QED) is 0.199. The van der Waals surface area contributed by atoms with Crippen molar-refractivity contribution in [2.24, 2.45) is 5.10 Å². The number of thiazole rings is 1. The number of methoxy groups -OCH3 is 1. The first kappa shape index (κ1) is 27.4. The van der Waals surface area contributed by atoms with Crippen molar-refractivity contribution in [3.63, 3.8) is 0 Å².